The number of ether oxygens (including phenoxy) is 1. The summed E-state index contributed by atoms with van der Waals surface area (Å²) >= 11 is 0. The van der Waals surface area contributed by atoms with E-state index in [4.69, 9.17) is 4.74 Å². The molecule has 0 aliphatic heterocycles. The van der Waals surface area contributed by atoms with Gasteiger partial charge >= 0.3 is 0 Å². The van der Waals surface area contributed by atoms with Crippen molar-refractivity contribution in [3.63, 3.8) is 0 Å². The molecule has 1 amide bonds. The van der Waals surface area contributed by atoms with Crippen LogP contribution in [0.5, 0.6) is 5.75 Å². The quantitative estimate of drug-likeness (QED) is 0.787. The molecule has 0 bridgehead atoms. The van der Waals surface area contributed by atoms with Crippen molar-refractivity contribution in [2.45, 2.75) is 65.8 Å². The standard InChI is InChI=1S/C22H31NO4/c1-7-13(2)20(26)21(22(3,4)5)23-19(25)11-14-10-18(24)16-9-8-15(27-6)12-17(14)16/h8-9,12-14,21H,7,10-11H2,1-6H3,(H,23,25). The predicted molar refractivity (Wildman–Crippen MR) is 105 cm³/mol. The van der Waals surface area contributed by atoms with Gasteiger partial charge in [0, 0.05) is 30.2 Å². The molecule has 0 saturated heterocycles. The number of nitrogens with one attached hydrogen (secondary N) is 1. The molecule has 5 heteroatoms. The average Bonchev–Trinajstić information content (AvgIpc) is 2.92. The molecule has 0 spiro atoms. The third kappa shape index (κ3) is 4.76. The van der Waals surface area contributed by atoms with Crippen LogP contribution in [0.2, 0.25) is 0 Å². The number of methoxy groups -OCH3 is 1. The summed E-state index contributed by atoms with van der Waals surface area (Å²) in [5.41, 5.74) is 1.15. The first kappa shape index (κ1) is 21.1. The van der Waals surface area contributed by atoms with E-state index in [-0.39, 0.29) is 41.1 Å². The van der Waals surface area contributed by atoms with E-state index in [1.807, 2.05) is 40.7 Å². The van der Waals surface area contributed by atoms with E-state index in [2.05, 4.69) is 5.32 Å². The summed E-state index contributed by atoms with van der Waals surface area (Å²) in [5.74, 6) is 0.305. The van der Waals surface area contributed by atoms with Crippen molar-refractivity contribution in [2.75, 3.05) is 7.11 Å². The Labute approximate surface area is 161 Å². The van der Waals surface area contributed by atoms with E-state index in [0.717, 1.165) is 12.0 Å². The van der Waals surface area contributed by atoms with Crippen molar-refractivity contribution in [3.05, 3.63) is 29.3 Å². The van der Waals surface area contributed by atoms with Gasteiger partial charge in [-0.05, 0) is 35.6 Å². The number of benzene rings is 1. The van der Waals surface area contributed by atoms with Gasteiger partial charge in [0.2, 0.25) is 5.91 Å². The Morgan fingerprint density at radius 2 is 1.96 bits per heavy atom. The zero-order valence-electron chi connectivity index (χ0n) is 17.2. The second kappa shape index (κ2) is 8.24. The van der Waals surface area contributed by atoms with Crippen molar-refractivity contribution >= 4 is 17.5 Å². The molecule has 3 unspecified atom stereocenters. The topological polar surface area (TPSA) is 72.5 Å². The van der Waals surface area contributed by atoms with Gasteiger partial charge < -0.3 is 10.1 Å². The normalized spacial score (nSPS) is 18.6. The molecule has 0 radical (unpaired) electrons. The van der Waals surface area contributed by atoms with E-state index < -0.39 is 6.04 Å². The Balaban J connectivity index is 2.15. The van der Waals surface area contributed by atoms with Crippen molar-refractivity contribution in [1.29, 1.82) is 0 Å². The summed E-state index contributed by atoms with van der Waals surface area (Å²) in [4.78, 5) is 37.7. The number of hydrogen-bond acceptors (Lipinski definition) is 4. The van der Waals surface area contributed by atoms with Crippen LogP contribution >= 0.6 is 0 Å². The maximum atomic E-state index is 12.7. The van der Waals surface area contributed by atoms with Crippen LogP contribution in [-0.4, -0.2) is 30.6 Å². The van der Waals surface area contributed by atoms with E-state index in [1.54, 1.807) is 19.2 Å². The Morgan fingerprint density at radius 1 is 1.30 bits per heavy atom. The Bertz CT molecular complexity index is 732. The SMILES string of the molecule is CCC(C)C(=O)C(NC(=O)CC1CC(=O)c2ccc(OC)cc21)C(C)(C)C. The van der Waals surface area contributed by atoms with E-state index in [0.29, 0.717) is 17.7 Å². The average molecular weight is 373 g/mol. The fraction of sp³-hybridized carbons (Fsp3) is 0.591. The van der Waals surface area contributed by atoms with Crippen LogP contribution < -0.4 is 10.1 Å². The molecule has 0 saturated carbocycles. The van der Waals surface area contributed by atoms with Crippen molar-refractivity contribution in [3.8, 4) is 5.75 Å². The van der Waals surface area contributed by atoms with Crippen molar-refractivity contribution in [2.24, 2.45) is 11.3 Å². The first-order chi connectivity index (χ1) is 12.6. The monoisotopic (exact) mass is 373 g/mol. The predicted octanol–water partition coefficient (Wildman–Crippen LogP) is 3.90. The summed E-state index contributed by atoms with van der Waals surface area (Å²) in [6.45, 7) is 9.73. The summed E-state index contributed by atoms with van der Waals surface area (Å²) in [6.07, 6.45) is 1.24. The van der Waals surface area contributed by atoms with Gasteiger partial charge in [0.15, 0.2) is 11.6 Å². The largest absolute Gasteiger partial charge is 0.497 e. The molecule has 0 fully saturated rings. The smallest absolute Gasteiger partial charge is 0.221 e. The molecule has 3 atom stereocenters. The lowest BCUT2D eigenvalue weighted by molar-refractivity contribution is -0.132. The molecule has 0 aromatic heterocycles. The van der Waals surface area contributed by atoms with E-state index >= 15 is 0 Å². The molecule has 0 heterocycles. The zero-order chi connectivity index (χ0) is 20.4. The third-order valence-corrected chi connectivity index (χ3v) is 5.42. The lowest BCUT2D eigenvalue weighted by Gasteiger charge is -2.32. The molecular formula is C22H31NO4. The van der Waals surface area contributed by atoms with Crippen LogP contribution in [0.15, 0.2) is 18.2 Å². The molecule has 1 aliphatic rings. The van der Waals surface area contributed by atoms with Gasteiger partial charge in [-0.2, -0.15) is 0 Å². The maximum absolute atomic E-state index is 12.7. The molecule has 5 nitrogen and oxygen atoms in total. The molecule has 2 rings (SSSR count). The number of rotatable bonds is 7. The number of carbonyl (C=O) groups excluding carboxylic acids is 3. The molecule has 1 N–H and O–H groups in total. The zero-order valence-corrected chi connectivity index (χ0v) is 17.2. The van der Waals surface area contributed by atoms with Gasteiger partial charge in [-0.25, -0.2) is 0 Å². The summed E-state index contributed by atoms with van der Waals surface area (Å²) < 4.78 is 5.25. The number of amides is 1. The Morgan fingerprint density at radius 3 is 2.52 bits per heavy atom. The fourth-order valence-electron chi connectivity index (χ4n) is 3.53. The van der Waals surface area contributed by atoms with Crippen LogP contribution in [0.4, 0.5) is 0 Å². The van der Waals surface area contributed by atoms with Gasteiger partial charge in [-0.1, -0.05) is 34.6 Å². The Hall–Kier alpha value is -2.17. The summed E-state index contributed by atoms with van der Waals surface area (Å²) in [6, 6.07) is 4.82. The lowest BCUT2D eigenvalue weighted by Crippen LogP contribution is -2.51. The second-order valence-electron chi connectivity index (χ2n) is 8.56. The van der Waals surface area contributed by atoms with Crippen molar-refractivity contribution < 1.29 is 19.1 Å². The highest BCUT2D eigenvalue weighted by atomic mass is 16.5. The molecule has 1 aliphatic carbocycles. The highest BCUT2D eigenvalue weighted by Gasteiger charge is 2.36. The van der Waals surface area contributed by atoms with Gasteiger partial charge in [0.1, 0.15) is 5.75 Å². The third-order valence-electron chi connectivity index (χ3n) is 5.42. The number of carbonyl (C=O) groups is 3. The fourth-order valence-corrected chi connectivity index (χ4v) is 3.53. The van der Waals surface area contributed by atoms with Crippen LogP contribution in [-0.2, 0) is 9.59 Å². The molecule has 1 aromatic carbocycles. The highest BCUT2D eigenvalue weighted by molar-refractivity contribution is 6.02. The molecule has 27 heavy (non-hydrogen) atoms. The van der Waals surface area contributed by atoms with Crippen LogP contribution in [0, 0.1) is 11.3 Å². The first-order valence-electron chi connectivity index (χ1n) is 9.62. The van der Waals surface area contributed by atoms with Gasteiger partial charge in [0.05, 0.1) is 13.2 Å². The van der Waals surface area contributed by atoms with E-state index in [9.17, 15) is 14.4 Å². The van der Waals surface area contributed by atoms with Crippen molar-refractivity contribution in [1.82, 2.24) is 5.32 Å². The van der Waals surface area contributed by atoms with Crippen LogP contribution in [0.25, 0.3) is 0 Å². The first-order valence-corrected chi connectivity index (χ1v) is 9.62. The minimum Gasteiger partial charge on any atom is -0.497 e. The number of ketones is 2. The number of hydrogen-bond donors (Lipinski definition) is 1. The number of Topliss-reactive ketones (excluding diaryl/α,β-unsaturated/α-hetero) is 2. The highest BCUT2D eigenvalue weighted by Crippen LogP contribution is 2.37. The van der Waals surface area contributed by atoms with Gasteiger partial charge in [-0.15, -0.1) is 0 Å². The summed E-state index contributed by atoms with van der Waals surface area (Å²) in [7, 11) is 1.58. The van der Waals surface area contributed by atoms with Crippen LogP contribution in [0.1, 0.15) is 75.7 Å². The van der Waals surface area contributed by atoms with Gasteiger partial charge in [0.25, 0.3) is 0 Å². The number of fused-ring (bicyclic) bond motifs is 1. The molecule has 1 aromatic rings. The van der Waals surface area contributed by atoms with Gasteiger partial charge in [-0.3, -0.25) is 14.4 Å². The Kier molecular flexibility index (Phi) is 6.45. The minimum absolute atomic E-state index is 0.0495. The minimum atomic E-state index is -0.540. The molecule has 148 valence electrons. The molecular weight excluding hydrogens is 342 g/mol. The lowest BCUT2D eigenvalue weighted by atomic mass is 9.80. The second-order valence-corrected chi connectivity index (χ2v) is 8.56. The summed E-state index contributed by atoms with van der Waals surface area (Å²) in [5, 5.41) is 2.94. The maximum Gasteiger partial charge on any atom is 0.221 e. The van der Waals surface area contributed by atoms with Crippen LogP contribution in [0.3, 0.4) is 0 Å². The van der Waals surface area contributed by atoms with E-state index in [1.165, 1.54) is 0 Å².